The first kappa shape index (κ1) is 21.2. The standard InChI is InChI=1S/C19H16N6O3S3/c1-11(31-19-23-22-16(24(19)2)15-7-4-8-29-15)17(26)21-18-20-14(10-30-18)12-5-3-6-13(9-12)25(27)28/h3-11H,1-2H3,(H,20,21,26). The van der Waals surface area contributed by atoms with Gasteiger partial charge in [0.2, 0.25) is 5.91 Å². The number of anilines is 1. The highest BCUT2D eigenvalue weighted by Gasteiger charge is 2.21. The summed E-state index contributed by atoms with van der Waals surface area (Å²) in [4.78, 5) is 28.6. The molecule has 3 aromatic heterocycles. The SMILES string of the molecule is CC(Sc1nnc(-c2cccs2)n1C)C(=O)Nc1nc(-c2cccc([N+](=O)[O-])c2)cs1. The maximum absolute atomic E-state index is 12.6. The molecule has 1 aromatic carbocycles. The summed E-state index contributed by atoms with van der Waals surface area (Å²) >= 11 is 4.15. The molecule has 1 atom stereocenters. The van der Waals surface area contributed by atoms with Gasteiger partial charge in [0.05, 0.1) is 20.7 Å². The van der Waals surface area contributed by atoms with Crippen LogP contribution in [0.2, 0.25) is 0 Å². The van der Waals surface area contributed by atoms with Crippen molar-refractivity contribution in [2.75, 3.05) is 5.32 Å². The molecule has 1 N–H and O–H groups in total. The van der Waals surface area contributed by atoms with Crippen molar-refractivity contribution in [3.8, 4) is 22.0 Å². The van der Waals surface area contributed by atoms with E-state index < -0.39 is 10.2 Å². The van der Waals surface area contributed by atoms with Gasteiger partial charge < -0.3 is 9.88 Å². The smallest absolute Gasteiger partial charge is 0.270 e. The predicted molar refractivity (Wildman–Crippen MR) is 122 cm³/mol. The first-order valence-corrected chi connectivity index (χ1v) is 11.7. The van der Waals surface area contributed by atoms with E-state index in [4.69, 9.17) is 0 Å². The minimum Gasteiger partial charge on any atom is -0.304 e. The van der Waals surface area contributed by atoms with Crippen LogP contribution in [-0.4, -0.2) is 35.8 Å². The molecule has 158 valence electrons. The number of benzene rings is 1. The molecule has 0 aliphatic carbocycles. The highest BCUT2D eigenvalue weighted by atomic mass is 32.2. The van der Waals surface area contributed by atoms with Crippen LogP contribution in [0.4, 0.5) is 10.8 Å². The molecule has 9 nitrogen and oxygen atoms in total. The highest BCUT2D eigenvalue weighted by Crippen LogP contribution is 2.30. The Labute approximate surface area is 189 Å². The molecule has 4 aromatic rings. The third-order valence-electron chi connectivity index (χ3n) is 4.31. The molecule has 0 saturated heterocycles. The van der Waals surface area contributed by atoms with E-state index >= 15 is 0 Å². The van der Waals surface area contributed by atoms with Gasteiger partial charge in [0.25, 0.3) is 5.69 Å². The monoisotopic (exact) mass is 472 g/mol. The fourth-order valence-electron chi connectivity index (χ4n) is 2.70. The van der Waals surface area contributed by atoms with Crippen molar-refractivity contribution >= 4 is 51.2 Å². The second kappa shape index (κ2) is 8.96. The zero-order valence-electron chi connectivity index (χ0n) is 16.4. The van der Waals surface area contributed by atoms with Crippen molar-refractivity contribution in [2.45, 2.75) is 17.3 Å². The van der Waals surface area contributed by atoms with Crippen molar-refractivity contribution in [3.05, 3.63) is 57.3 Å². The number of aromatic nitrogens is 4. The number of non-ortho nitro benzene ring substituents is 1. The second-order valence-electron chi connectivity index (χ2n) is 6.44. The van der Waals surface area contributed by atoms with E-state index in [9.17, 15) is 14.9 Å². The number of nitrogens with zero attached hydrogens (tertiary/aromatic N) is 5. The van der Waals surface area contributed by atoms with E-state index in [2.05, 4.69) is 20.5 Å². The molecule has 0 radical (unpaired) electrons. The summed E-state index contributed by atoms with van der Waals surface area (Å²) < 4.78 is 1.87. The molecule has 1 amide bonds. The lowest BCUT2D eigenvalue weighted by molar-refractivity contribution is -0.384. The molecule has 0 fully saturated rings. The first-order chi connectivity index (χ1) is 14.9. The van der Waals surface area contributed by atoms with Crippen LogP contribution < -0.4 is 5.32 Å². The molecule has 1 unspecified atom stereocenters. The van der Waals surface area contributed by atoms with Gasteiger partial charge in [-0.3, -0.25) is 14.9 Å². The van der Waals surface area contributed by atoms with Gasteiger partial charge in [-0.25, -0.2) is 4.98 Å². The zero-order chi connectivity index (χ0) is 22.0. The molecule has 0 spiro atoms. The van der Waals surface area contributed by atoms with Crippen LogP contribution in [0.1, 0.15) is 6.92 Å². The van der Waals surface area contributed by atoms with Gasteiger partial charge in [-0.05, 0) is 18.4 Å². The largest absolute Gasteiger partial charge is 0.304 e. The molecule has 0 bridgehead atoms. The number of thioether (sulfide) groups is 1. The van der Waals surface area contributed by atoms with Gasteiger partial charge >= 0.3 is 0 Å². The van der Waals surface area contributed by atoms with Gasteiger partial charge in [-0.15, -0.1) is 32.9 Å². The van der Waals surface area contributed by atoms with Crippen LogP contribution in [0.15, 0.2) is 52.3 Å². The summed E-state index contributed by atoms with van der Waals surface area (Å²) in [5, 5.41) is 26.6. The Kier molecular flexibility index (Phi) is 6.11. The molecule has 0 aliphatic heterocycles. The Hall–Kier alpha value is -3.09. The lowest BCUT2D eigenvalue weighted by Crippen LogP contribution is -2.22. The molecule has 31 heavy (non-hydrogen) atoms. The summed E-state index contributed by atoms with van der Waals surface area (Å²) in [5.41, 5.74) is 1.18. The minimum absolute atomic E-state index is 0.00768. The van der Waals surface area contributed by atoms with Crippen molar-refractivity contribution in [1.29, 1.82) is 0 Å². The molecule has 12 heteroatoms. The van der Waals surface area contributed by atoms with E-state index in [1.165, 1.54) is 35.2 Å². The number of hydrogen-bond acceptors (Lipinski definition) is 9. The highest BCUT2D eigenvalue weighted by molar-refractivity contribution is 8.00. The van der Waals surface area contributed by atoms with Crippen LogP contribution >= 0.6 is 34.4 Å². The Balaban J connectivity index is 1.42. The minimum atomic E-state index is -0.451. The first-order valence-electron chi connectivity index (χ1n) is 9.03. The fourth-order valence-corrected chi connectivity index (χ4v) is 4.98. The summed E-state index contributed by atoms with van der Waals surface area (Å²) in [5.74, 6) is 0.539. The molecular weight excluding hydrogens is 456 g/mol. The van der Waals surface area contributed by atoms with E-state index in [0.29, 0.717) is 21.5 Å². The van der Waals surface area contributed by atoms with Crippen molar-refractivity contribution in [1.82, 2.24) is 19.7 Å². The Morgan fingerprint density at radius 3 is 2.84 bits per heavy atom. The Morgan fingerprint density at radius 1 is 1.26 bits per heavy atom. The van der Waals surface area contributed by atoms with Gasteiger partial charge in [-0.1, -0.05) is 30.0 Å². The Morgan fingerprint density at radius 2 is 2.10 bits per heavy atom. The van der Waals surface area contributed by atoms with E-state index in [1.54, 1.807) is 35.8 Å². The Bertz CT molecular complexity index is 1230. The lowest BCUT2D eigenvalue weighted by atomic mass is 10.1. The second-order valence-corrected chi connectivity index (χ2v) is 9.55. The van der Waals surface area contributed by atoms with Crippen molar-refractivity contribution in [3.63, 3.8) is 0 Å². The number of carbonyl (C=O) groups is 1. The molecule has 3 heterocycles. The lowest BCUT2D eigenvalue weighted by Gasteiger charge is -2.10. The predicted octanol–water partition coefficient (Wildman–Crippen LogP) is 4.69. The van der Waals surface area contributed by atoms with Crippen LogP contribution in [0.3, 0.4) is 0 Å². The quantitative estimate of drug-likeness (QED) is 0.235. The number of nitro benzene ring substituents is 1. The zero-order valence-corrected chi connectivity index (χ0v) is 18.8. The number of nitro groups is 1. The summed E-state index contributed by atoms with van der Waals surface area (Å²) in [6, 6.07) is 10.2. The van der Waals surface area contributed by atoms with Crippen LogP contribution in [-0.2, 0) is 11.8 Å². The van der Waals surface area contributed by atoms with E-state index in [0.717, 1.165) is 10.7 Å². The maximum Gasteiger partial charge on any atom is 0.270 e. The van der Waals surface area contributed by atoms with E-state index in [-0.39, 0.29) is 11.6 Å². The molecule has 4 rings (SSSR count). The van der Waals surface area contributed by atoms with Crippen LogP contribution in [0, 0.1) is 10.1 Å². The fraction of sp³-hybridized carbons (Fsp3) is 0.158. The summed E-state index contributed by atoms with van der Waals surface area (Å²) in [6.07, 6.45) is 0. The maximum atomic E-state index is 12.6. The third-order valence-corrected chi connectivity index (χ3v) is 7.07. The molecule has 0 aliphatic rings. The van der Waals surface area contributed by atoms with Crippen molar-refractivity contribution in [2.24, 2.45) is 7.05 Å². The third kappa shape index (κ3) is 4.65. The van der Waals surface area contributed by atoms with Crippen LogP contribution in [0.5, 0.6) is 0 Å². The van der Waals surface area contributed by atoms with Gasteiger partial charge in [0, 0.05) is 30.1 Å². The number of nitrogens with one attached hydrogen (secondary N) is 1. The van der Waals surface area contributed by atoms with Gasteiger partial charge in [0.1, 0.15) is 0 Å². The topological polar surface area (TPSA) is 116 Å². The number of thiazole rings is 1. The summed E-state index contributed by atoms with van der Waals surface area (Å²) in [6.45, 7) is 1.79. The van der Waals surface area contributed by atoms with Gasteiger partial charge in [-0.2, -0.15) is 0 Å². The summed E-state index contributed by atoms with van der Waals surface area (Å²) in [7, 11) is 1.87. The average molecular weight is 473 g/mol. The normalized spacial score (nSPS) is 11.9. The average Bonchev–Trinajstić information content (AvgIpc) is 3.50. The number of rotatable bonds is 7. The molecular formula is C19H16N6O3S3. The van der Waals surface area contributed by atoms with Crippen molar-refractivity contribution < 1.29 is 9.72 Å². The number of carbonyl (C=O) groups excluding carboxylic acids is 1. The number of amides is 1. The number of thiophene rings is 1. The van der Waals surface area contributed by atoms with E-state index in [1.807, 2.05) is 29.1 Å². The van der Waals surface area contributed by atoms with Crippen LogP contribution in [0.25, 0.3) is 22.0 Å². The van der Waals surface area contributed by atoms with Gasteiger partial charge in [0.15, 0.2) is 16.1 Å². The molecule has 0 saturated carbocycles. The number of hydrogen-bond donors (Lipinski definition) is 1.